The molecule has 0 heterocycles. The summed E-state index contributed by atoms with van der Waals surface area (Å²) < 4.78 is 15.3. The highest BCUT2D eigenvalue weighted by Crippen LogP contribution is 2.15. The molecule has 0 aliphatic rings. The zero-order valence-electron chi connectivity index (χ0n) is 12.7. The lowest BCUT2D eigenvalue weighted by molar-refractivity contribution is -0.115. The van der Waals surface area contributed by atoms with Crippen molar-refractivity contribution >= 4 is 11.6 Å². The summed E-state index contributed by atoms with van der Waals surface area (Å²) in [5, 5.41) is 5.87. The zero-order valence-corrected chi connectivity index (χ0v) is 12.7. The third kappa shape index (κ3) is 8.29. The van der Waals surface area contributed by atoms with Gasteiger partial charge in [0, 0.05) is 26.5 Å². The summed E-state index contributed by atoms with van der Waals surface area (Å²) in [6, 6.07) is 7.25. The fourth-order valence-electron chi connectivity index (χ4n) is 1.63. The first kappa shape index (κ1) is 17.4. The largest absolute Gasteiger partial charge is 0.491 e. The van der Waals surface area contributed by atoms with Crippen molar-refractivity contribution in [1.82, 2.24) is 5.32 Å². The molecular weight excluding hydrogens is 272 g/mol. The van der Waals surface area contributed by atoms with Crippen LogP contribution in [-0.2, 0) is 14.3 Å². The van der Waals surface area contributed by atoms with Gasteiger partial charge in [-0.1, -0.05) is 0 Å². The third-order valence-corrected chi connectivity index (χ3v) is 2.68. The SMILES string of the molecule is COCCCNCC(=O)Nc1ccc(OCCOC)cc1. The lowest BCUT2D eigenvalue weighted by Crippen LogP contribution is -2.29. The first-order valence-corrected chi connectivity index (χ1v) is 6.97. The summed E-state index contributed by atoms with van der Waals surface area (Å²) in [5.41, 5.74) is 0.748. The Morgan fingerprint density at radius 3 is 2.43 bits per heavy atom. The Morgan fingerprint density at radius 1 is 1.05 bits per heavy atom. The van der Waals surface area contributed by atoms with Gasteiger partial charge in [0.1, 0.15) is 12.4 Å². The van der Waals surface area contributed by atoms with Gasteiger partial charge >= 0.3 is 0 Å². The van der Waals surface area contributed by atoms with Crippen molar-refractivity contribution in [3.63, 3.8) is 0 Å². The number of methoxy groups -OCH3 is 2. The van der Waals surface area contributed by atoms with Crippen molar-refractivity contribution < 1.29 is 19.0 Å². The molecule has 1 rings (SSSR count). The van der Waals surface area contributed by atoms with Gasteiger partial charge < -0.3 is 24.8 Å². The van der Waals surface area contributed by atoms with Gasteiger partial charge in [0.05, 0.1) is 13.2 Å². The molecule has 0 bridgehead atoms. The number of anilines is 1. The number of hydrogen-bond donors (Lipinski definition) is 2. The summed E-state index contributed by atoms with van der Waals surface area (Å²) in [6.07, 6.45) is 0.886. The molecule has 0 fully saturated rings. The molecule has 0 atom stereocenters. The van der Waals surface area contributed by atoms with Gasteiger partial charge in [0.15, 0.2) is 0 Å². The van der Waals surface area contributed by atoms with Crippen LogP contribution in [0.4, 0.5) is 5.69 Å². The van der Waals surface area contributed by atoms with Crippen molar-refractivity contribution in [3.05, 3.63) is 24.3 Å². The molecule has 6 heteroatoms. The first-order chi connectivity index (χ1) is 10.3. The molecule has 1 aromatic carbocycles. The molecule has 0 radical (unpaired) electrons. The molecule has 0 spiro atoms. The predicted molar refractivity (Wildman–Crippen MR) is 81.8 cm³/mol. The van der Waals surface area contributed by atoms with Crippen LogP contribution < -0.4 is 15.4 Å². The van der Waals surface area contributed by atoms with Crippen LogP contribution in [0.25, 0.3) is 0 Å². The second-order valence-corrected chi connectivity index (χ2v) is 4.44. The number of ether oxygens (including phenoxy) is 3. The molecule has 21 heavy (non-hydrogen) atoms. The smallest absolute Gasteiger partial charge is 0.238 e. The quantitative estimate of drug-likeness (QED) is 0.602. The topological polar surface area (TPSA) is 68.8 Å². The van der Waals surface area contributed by atoms with Crippen LogP contribution >= 0.6 is 0 Å². The van der Waals surface area contributed by atoms with E-state index < -0.39 is 0 Å². The van der Waals surface area contributed by atoms with Crippen LogP contribution in [0.3, 0.4) is 0 Å². The average Bonchev–Trinajstić information content (AvgIpc) is 2.49. The van der Waals surface area contributed by atoms with Crippen LogP contribution in [0.5, 0.6) is 5.75 Å². The van der Waals surface area contributed by atoms with Crippen molar-refractivity contribution in [1.29, 1.82) is 0 Å². The molecule has 1 aromatic rings. The lowest BCUT2D eigenvalue weighted by Gasteiger charge is -2.08. The second kappa shape index (κ2) is 11.1. The van der Waals surface area contributed by atoms with Gasteiger partial charge in [-0.2, -0.15) is 0 Å². The van der Waals surface area contributed by atoms with E-state index in [1.54, 1.807) is 14.2 Å². The second-order valence-electron chi connectivity index (χ2n) is 4.44. The molecule has 118 valence electrons. The normalized spacial score (nSPS) is 10.4. The minimum absolute atomic E-state index is 0.0690. The standard InChI is InChI=1S/C15H24N2O4/c1-19-9-3-8-16-12-15(18)17-13-4-6-14(7-5-13)21-11-10-20-2/h4-7,16H,3,8-12H2,1-2H3,(H,17,18). The molecule has 0 aliphatic carbocycles. The summed E-state index contributed by atoms with van der Waals surface area (Å²) in [6.45, 7) is 2.79. The van der Waals surface area contributed by atoms with Crippen molar-refractivity contribution in [2.24, 2.45) is 0 Å². The number of hydrogen-bond acceptors (Lipinski definition) is 5. The fraction of sp³-hybridized carbons (Fsp3) is 0.533. The van der Waals surface area contributed by atoms with E-state index in [0.717, 1.165) is 24.4 Å². The van der Waals surface area contributed by atoms with Crippen LogP contribution in [0.2, 0.25) is 0 Å². The lowest BCUT2D eigenvalue weighted by atomic mass is 10.3. The Balaban J connectivity index is 2.23. The van der Waals surface area contributed by atoms with Gasteiger partial charge in [-0.3, -0.25) is 4.79 Å². The first-order valence-electron chi connectivity index (χ1n) is 6.97. The van der Waals surface area contributed by atoms with Crippen LogP contribution in [0, 0.1) is 0 Å². The predicted octanol–water partition coefficient (Wildman–Crippen LogP) is 1.28. The minimum atomic E-state index is -0.0690. The van der Waals surface area contributed by atoms with Crippen molar-refractivity contribution in [3.8, 4) is 5.75 Å². The Labute approximate surface area is 125 Å². The number of nitrogens with one attached hydrogen (secondary N) is 2. The van der Waals surface area contributed by atoms with Gasteiger partial charge in [0.2, 0.25) is 5.91 Å². The third-order valence-electron chi connectivity index (χ3n) is 2.68. The highest BCUT2D eigenvalue weighted by Gasteiger charge is 2.02. The minimum Gasteiger partial charge on any atom is -0.491 e. The maximum atomic E-state index is 11.7. The van der Waals surface area contributed by atoms with Crippen molar-refractivity contribution in [2.45, 2.75) is 6.42 Å². The van der Waals surface area contributed by atoms with E-state index in [-0.39, 0.29) is 12.5 Å². The summed E-state index contributed by atoms with van der Waals surface area (Å²) in [7, 11) is 3.29. The van der Waals surface area contributed by atoms with E-state index in [1.807, 2.05) is 24.3 Å². The van der Waals surface area contributed by atoms with E-state index in [2.05, 4.69) is 10.6 Å². The summed E-state index contributed by atoms with van der Waals surface area (Å²) in [4.78, 5) is 11.7. The van der Waals surface area contributed by atoms with Crippen LogP contribution in [-0.4, -0.2) is 53.0 Å². The molecule has 2 N–H and O–H groups in total. The summed E-state index contributed by atoms with van der Waals surface area (Å²) in [5.74, 6) is 0.684. The van der Waals surface area contributed by atoms with E-state index in [0.29, 0.717) is 19.8 Å². The monoisotopic (exact) mass is 296 g/mol. The van der Waals surface area contributed by atoms with Gasteiger partial charge in [-0.25, -0.2) is 0 Å². The molecule has 0 aliphatic heterocycles. The average molecular weight is 296 g/mol. The maximum Gasteiger partial charge on any atom is 0.238 e. The van der Waals surface area contributed by atoms with Crippen molar-refractivity contribution in [2.75, 3.05) is 52.4 Å². The highest BCUT2D eigenvalue weighted by molar-refractivity contribution is 5.92. The maximum absolute atomic E-state index is 11.7. The van der Waals surface area contributed by atoms with Gasteiger partial charge in [-0.05, 0) is 37.2 Å². The van der Waals surface area contributed by atoms with E-state index in [4.69, 9.17) is 14.2 Å². The number of carbonyl (C=O) groups excluding carboxylic acids is 1. The number of carbonyl (C=O) groups is 1. The van der Waals surface area contributed by atoms with Gasteiger partial charge in [-0.15, -0.1) is 0 Å². The van der Waals surface area contributed by atoms with Gasteiger partial charge in [0.25, 0.3) is 0 Å². The number of amides is 1. The Bertz CT molecular complexity index is 395. The highest BCUT2D eigenvalue weighted by atomic mass is 16.5. The molecule has 0 aromatic heterocycles. The Hall–Kier alpha value is -1.63. The number of rotatable bonds is 11. The Kier molecular flexibility index (Phi) is 9.19. The summed E-state index contributed by atoms with van der Waals surface area (Å²) >= 11 is 0. The molecule has 6 nitrogen and oxygen atoms in total. The molecular formula is C15H24N2O4. The molecule has 0 saturated heterocycles. The molecule has 0 unspecified atom stereocenters. The van der Waals surface area contributed by atoms with E-state index >= 15 is 0 Å². The number of benzene rings is 1. The zero-order chi connectivity index (χ0) is 15.3. The van der Waals surface area contributed by atoms with Crippen LogP contribution in [0.15, 0.2) is 24.3 Å². The fourth-order valence-corrected chi connectivity index (χ4v) is 1.63. The van der Waals surface area contributed by atoms with E-state index in [9.17, 15) is 4.79 Å². The Morgan fingerprint density at radius 2 is 1.76 bits per heavy atom. The van der Waals surface area contributed by atoms with Crippen LogP contribution in [0.1, 0.15) is 6.42 Å². The molecule has 0 saturated carbocycles. The molecule has 1 amide bonds. The van der Waals surface area contributed by atoms with E-state index in [1.165, 1.54) is 0 Å².